The third-order valence-corrected chi connectivity index (χ3v) is 3.69. The first-order chi connectivity index (χ1) is 10.0. The van der Waals surface area contributed by atoms with Crippen molar-refractivity contribution in [2.24, 2.45) is 0 Å². The highest BCUT2D eigenvalue weighted by molar-refractivity contribution is 6.30. The van der Waals surface area contributed by atoms with Gasteiger partial charge in [0.05, 0.1) is 0 Å². The monoisotopic (exact) mass is 307 g/mol. The summed E-state index contributed by atoms with van der Waals surface area (Å²) in [4.78, 5) is 30.4. The highest BCUT2D eigenvalue weighted by Gasteiger charge is 2.22. The van der Waals surface area contributed by atoms with E-state index in [0.29, 0.717) is 11.6 Å². The van der Waals surface area contributed by atoms with Crippen LogP contribution in [0.1, 0.15) is 36.3 Å². The van der Waals surface area contributed by atoms with Gasteiger partial charge in [0.15, 0.2) is 0 Å². The van der Waals surface area contributed by atoms with Gasteiger partial charge in [-0.15, -0.1) is 0 Å². The first-order valence-corrected chi connectivity index (χ1v) is 7.22. The topological polar surface area (TPSA) is 69.0 Å². The number of aromatic nitrogens is 2. The minimum Gasteiger partial charge on any atom is -0.330 e. The summed E-state index contributed by atoms with van der Waals surface area (Å²) in [5.74, 6) is -0.206. The standard InChI is InChI=1S/C15H18ClN3O2/c1-3-10(2)19(9-11-5-4-6-12(16)7-11)14(20)13-8-17-15(21)18-13/h4-8,10H,3,9H2,1-2H3,(H2,17,18,21)/t10-/m0/s1. The van der Waals surface area contributed by atoms with Crippen molar-refractivity contribution in [3.63, 3.8) is 0 Å². The van der Waals surface area contributed by atoms with Crippen LogP contribution in [0, 0.1) is 0 Å². The zero-order chi connectivity index (χ0) is 15.4. The number of imidazole rings is 1. The Morgan fingerprint density at radius 2 is 2.19 bits per heavy atom. The van der Waals surface area contributed by atoms with Gasteiger partial charge in [-0.25, -0.2) is 4.79 Å². The van der Waals surface area contributed by atoms with E-state index in [1.807, 2.05) is 32.0 Å². The molecule has 1 atom stereocenters. The molecule has 5 nitrogen and oxygen atoms in total. The number of benzene rings is 1. The molecule has 1 aromatic heterocycles. The number of aromatic amines is 2. The van der Waals surface area contributed by atoms with Crippen LogP contribution in [0.5, 0.6) is 0 Å². The number of amides is 1. The van der Waals surface area contributed by atoms with Crippen LogP contribution in [0.25, 0.3) is 0 Å². The Hall–Kier alpha value is -2.01. The third kappa shape index (κ3) is 3.76. The Bertz CT molecular complexity index is 677. The van der Waals surface area contributed by atoms with Gasteiger partial charge in [-0.05, 0) is 31.0 Å². The molecular formula is C15H18ClN3O2. The van der Waals surface area contributed by atoms with Crippen molar-refractivity contribution in [2.45, 2.75) is 32.9 Å². The van der Waals surface area contributed by atoms with E-state index >= 15 is 0 Å². The van der Waals surface area contributed by atoms with Crippen LogP contribution in [0.3, 0.4) is 0 Å². The summed E-state index contributed by atoms with van der Waals surface area (Å²) >= 11 is 5.99. The Labute approximate surface area is 127 Å². The molecule has 21 heavy (non-hydrogen) atoms. The molecule has 0 saturated carbocycles. The predicted octanol–water partition coefficient (Wildman–Crippen LogP) is 2.80. The van der Waals surface area contributed by atoms with Gasteiger partial charge in [-0.1, -0.05) is 30.7 Å². The number of H-pyrrole nitrogens is 2. The second kappa shape index (κ2) is 6.63. The summed E-state index contributed by atoms with van der Waals surface area (Å²) in [5.41, 5.74) is 0.835. The molecule has 2 N–H and O–H groups in total. The molecular weight excluding hydrogens is 290 g/mol. The van der Waals surface area contributed by atoms with Gasteiger partial charge in [0.25, 0.3) is 5.91 Å². The molecule has 0 fully saturated rings. The highest BCUT2D eigenvalue weighted by Crippen LogP contribution is 2.16. The molecule has 112 valence electrons. The third-order valence-electron chi connectivity index (χ3n) is 3.45. The van der Waals surface area contributed by atoms with Crippen molar-refractivity contribution in [2.75, 3.05) is 0 Å². The van der Waals surface area contributed by atoms with Crippen LogP contribution in [-0.4, -0.2) is 26.8 Å². The smallest absolute Gasteiger partial charge is 0.323 e. The summed E-state index contributed by atoms with van der Waals surface area (Å²) in [6, 6.07) is 7.47. The van der Waals surface area contributed by atoms with Gasteiger partial charge >= 0.3 is 5.69 Å². The molecule has 0 aliphatic carbocycles. The van der Waals surface area contributed by atoms with Gasteiger partial charge in [0.1, 0.15) is 5.69 Å². The van der Waals surface area contributed by atoms with Crippen molar-refractivity contribution >= 4 is 17.5 Å². The van der Waals surface area contributed by atoms with E-state index in [1.54, 1.807) is 11.0 Å². The molecule has 2 aromatic rings. The lowest BCUT2D eigenvalue weighted by Gasteiger charge is -2.28. The highest BCUT2D eigenvalue weighted by atomic mass is 35.5. The summed E-state index contributed by atoms with van der Waals surface area (Å²) in [5, 5.41) is 0.638. The van der Waals surface area contributed by atoms with E-state index in [4.69, 9.17) is 11.6 Å². The maximum atomic E-state index is 12.6. The second-order valence-electron chi connectivity index (χ2n) is 4.98. The Morgan fingerprint density at radius 1 is 1.43 bits per heavy atom. The molecule has 0 bridgehead atoms. The molecule has 1 heterocycles. The molecule has 0 radical (unpaired) electrons. The number of rotatable bonds is 5. The molecule has 0 aliphatic rings. The fourth-order valence-electron chi connectivity index (χ4n) is 2.08. The van der Waals surface area contributed by atoms with E-state index < -0.39 is 0 Å². The molecule has 0 unspecified atom stereocenters. The normalized spacial score (nSPS) is 12.1. The minimum absolute atomic E-state index is 0.0508. The Balaban J connectivity index is 2.26. The summed E-state index contributed by atoms with van der Waals surface area (Å²) in [6.07, 6.45) is 2.22. The molecule has 1 aromatic carbocycles. The van der Waals surface area contributed by atoms with Crippen LogP contribution in [0.15, 0.2) is 35.3 Å². The maximum absolute atomic E-state index is 12.6. The van der Waals surface area contributed by atoms with Gasteiger partial charge in [0.2, 0.25) is 0 Å². The molecule has 1 amide bonds. The Kier molecular flexibility index (Phi) is 4.85. The van der Waals surface area contributed by atoms with E-state index in [-0.39, 0.29) is 23.3 Å². The number of hydrogen-bond donors (Lipinski definition) is 2. The second-order valence-corrected chi connectivity index (χ2v) is 5.41. The quantitative estimate of drug-likeness (QED) is 0.892. The summed E-state index contributed by atoms with van der Waals surface area (Å²) in [7, 11) is 0. The van der Waals surface area contributed by atoms with E-state index in [2.05, 4.69) is 9.97 Å². The van der Waals surface area contributed by atoms with Crippen molar-refractivity contribution in [1.82, 2.24) is 14.9 Å². The number of carbonyl (C=O) groups is 1. The summed E-state index contributed by atoms with van der Waals surface area (Å²) in [6.45, 7) is 4.44. The SMILES string of the molecule is CC[C@H](C)N(Cc1cccc(Cl)c1)C(=O)c1c[nH]c(=O)[nH]1. The van der Waals surface area contributed by atoms with E-state index in [9.17, 15) is 9.59 Å². The number of hydrogen-bond acceptors (Lipinski definition) is 2. The number of nitrogens with zero attached hydrogens (tertiary/aromatic N) is 1. The van der Waals surface area contributed by atoms with E-state index in [0.717, 1.165) is 12.0 Å². The van der Waals surface area contributed by atoms with Crippen LogP contribution in [0.4, 0.5) is 0 Å². The molecule has 6 heteroatoms. The minimum atomic E-state index is -0.384. The van der Waals surface area contributed by atoms with Gasteiger partial charge in [-0.2, -0.15) is 0 Å². The lowest BCUT2D eigenvalue weighted by atomic mass is 10.1. The number of nitrogens with one attached hydrogen (secondary N) is 2. The molecule has 0 aliphatic heterocycles. The molecule has 2 rings (SSSR count). The maximum Gasteiger partial charge on any atom is 0.323 e. The van der Waals surface area contributed by atoms with Gasteiger partial charge in [0, 0.05) is 23.8 Å². The zero-order valence-electron chi connectivity index (χ0n) is 12.0. The van der Waals surface area contributed by atoms with Crippen molar-refractivity contribution < 1.29 is 4.79 Å². The average Bonchev–Trinajstić information content (AvgIpc) is 2.90. The number of halogens is 1. The van der Waals surface area contributed by atoms with Crippen LogP contribution >= 0.6 is 11.6 Å². The van der Waals surface area contributed by atoms with Crippen molar-refractivity contribution in [1.29, 1.82) is 0 Å². The Morgan fingerprint density at radius 3 is 2.76 bits per heavy atom. The fourth-order valence-corrected chi connectivity index (χ4v) is 2.30. The lowest BCUT2D eigenvalue weighted by molar-refractivity contribution is 0.0666. The first kappa shape index (κ1) is 15.4. The predicted molar refractivity (Wildman–Crippen MR) is 82.5 cm³/mol. The lowest BCUT2D eigenvalue weighted by Crippen LogP contribution is -2.38. The van der Waals surface area contributed by atoms with E-state index in [1.165, 1.54) is 6.20 Å². The molecule has 0 saturated heterocycles. The summed E-state index contributed by atoms with van der Waals surface area (Å²) < 4.78 is 0. The fraction of sp³-hybridized carbons (Fsp3) is 0.333. The van der Waals surface area contributed by atoms with Crippen LogP contribution < -0.4 is 5.69 Å². The van der Waals surface area contributed by atoms with Crippen LogP contribution in [-0.2, 0) is 6.54 Å². The van der Waals surface area contributed by atoms with Gasteiger partial charge in [-0.3, -0.25) is 4.79 Å². The largest absolute Gasteiger partial charge is 0.330 e. The average molecular weight is 308 g/mol. The van der Waals surface area contributed by atoms with Crippen LogP contribution in [0.2, 0.25) is 5.02 Å². The molecule has 0 spiro atoms. The number of carbonyl (C=O) groups excluding carboxylic acids is 1. The zero-order valence-corrected chi connectivity index (χ0v) is 12.8. The van der Waals surface area contributed by atoms with Gasteiger partial charge < -0.3 is 14.9 Å². The van der Waals surface area contributed by atoms with Crippen molar-refractivity contribution in [3.05, 3.63) is 57.2 Å². The van der Waals surface area contributed by atoms with Crippen molar-refractivity contribution in [3.8, 4) is 0 Å². The first-order valence-electron chi connectivity index (χ1n) is 6.84.